The normalized spacial score (nSPS) is 12.2. The third-order valence-electron chi connectivity index (χ3n) is 16.9. The van der Waals surface area contributed by atoms with Crippen molar-refractivity contribution in [3.63, 3.8) is 0 Å². The van der Waals surface area contributed by atoms with Gasteiger partial charge in [0.25, 0.3) is 0 Å². The second kappa shape index (κ2) is 71.1. The quantitative estimate of drug-likeness (QED) is 0.0261. The molecular weight excluding hydrogens is 1010 g/mol. The van der Waals surface area contributed by atoms with E-state index in [9.17, 15) is 14.4 Å². The Hall–Kier alpha value is -2.37. The SMILES string of the molecule is CCCCCCC/C=C\C/C=C\C/C=C\CCCCCCCCCCCCCCCCCCC(=O)OCC(COC(=O)CCCCCCCCC)OC(=O)CCCCCCCCCCCCCCCCCCCCCCCCCCCC. The van der Waals surface area contributed by atoms with Crippen molar-refractivity contribution in [2.24, 2.45) is 0 Å². The van der Waals surface area contributed by atoms with Crippen LogP contribution in [0, 0.1) is 0 Å². The highest BCUT2D eigenvalue weighted by molar-refractivity contribution is 5.71. The van der Waals surface area contributed by atoms with Crippen molar-refractivity contribution >= 4 is 17.9 Å². The predicted molar refractivity (Wildman–Crippen MR) is 358 cm³/mol. The molecule has 0 bridgehead atoms. The molecule has 0 aliphatic heterocycles. The molecule has 82 heavy (non-hydrogen) atoms. The number of carbonyl (C=O) groups is 3. The minimum atomic E-state index is -0.767. The zero-order chi connectivity index (χ0) is 59.2. The van der Waals surface area contributed by atoms with Gasteiger partial charge in [-0.1, -0.05) is 372 Å². The molecule has 0 radical (unpaired) electrons. The zero-order valence-corrected chi connectivity index (χ0v) is 55.5. The van der Waals surface area contributed by atoms with Crippen LogP contribution >= 0.6 is 0 Å². The lowest BCUT2D eigenvalue weighted by Crippen LogP contribution is -2.30. The van der Waals surface area contributed by atoms with E-state index in [-0.39, 0.29) is 31.1 Å². The van der Waals surface area contributed by atoms with Crippen LogP contribution in [0.4, 0.5) is 0 Å². The monoisotopic (exact) mass is 1150 g/mol. The third-order valence-corrected chi connectivity index (χ3v) is 16.9. The Bertz CT molecular complexity index is 1370. The Balaban J connectivity index is 3.99. The second-order valence-corrected chi connectivity index (χ2v) is 25.2. The van der Waals surface area contributed by atoms with Crippen molar-refractivity contribution in [2.75, 3.05) is 13.2 Å². The molecule has 0 N–H and O–H groups in total. The lowest BCUT2D eigenvalue weighted by Gasteiger charge is -2.18. The number of ether oxygens (including phenoxy) is 3. The highest BCUT2D eigenvalue weighted by atomic mass is 16.6. The van der Waals surface area contributed by atoms with Crippen LogP contribution in [0.15, 0.2) is 36.5 Å². The third kappa shape index (κ3) is 68.4. The molecule has 6 heteroatoms. The molecule has 0 saturated carbocycles. The highest BCUT2D eigenvalue weighted by Gasteiger charge is 2.19. The summed E-state index contributed by atoms with van der Waals surface area (Å²) in [5, 5.41) is 0. The number of unbranched alkanes of at least 4 members (excludes halogenated alkanes) is 52. The summed E-state index contributed by atoms with van der Waals surface area (Å²) in [7, 11) is 0. The summed E-state index contributed by atoms with van der Waals surface area (Å²) in [6, 6.07) is 0. The van der Waals surface area contributed by atoms with Gasteiger partial charge < -0.3 is 14.2 Å². The van der Waals surface area contributed by atoms with Gasteiger partial charge in [0, 0.05) is 19.3 Å². The molecule has 6 nitrogen and oxygen atoms in total. The van der Waals surface area contributed by atoms with E-state index in [1.54, 1.807) is 0 Å². The maximum absolute atomic E-state index is 12.9. The van der Waals surface area contributed by atoms with Crippen molar-refractivity contribution in [1.82, 2.24) is 0 Å². The van der Waals surface area contributed by atoms with E-state index >= 15 is 0 Å². The summed E-state index contributed by atoms with van der Waals surface area (Å²) in [4.78, 5) is 38.2. The van der Waals surface area contributed by atoms with Crippen LogP contribution in [0.5, 0.6) is 0 Å². The van der Waals surface area contributed by atoms with Gasteiger partial charge in [-0.15, -0.1) is 0 Å². The van der Waals surface area contributed by atoms with Crippen molar-refractivity contribution in [2.45, 2.75) is 419 Å². The van der Waals surface area contributed by atoms with E-state index in [4.69, 9.17) is 14.2 Å². The Morgan fingerprint density at radius 3 is 0.683 bits per heavy atom. The molecule has 0 aromatic heterocycles. The van der Waals surface area contributed by atoms with Gasteiger partial charge in [-0.3, -0.25) is 14.4 Å². The lowest BCUT2D eigenvalue weighted by molar-refractivity contribution is -0.167. The van der Waals surface area contributed by atoms with Gasteiger partial charge in [0.1, 0.15) is 13.2 Å². The Morgan fingerprint density at radius 1 is 0.244 bits per heavy atom. The number of allylic oxidation sites excluding steroid dienone is 6. The van der Waals surface area contributed by atoms with E-state index in [1.165, 1.54) is 302 Å². The fourth-order valence-corrected chi connectivity index (χ4v) is 11.3. The van der Waals surface area contributed by atoms with Gasteiger partial charge in [0.15, 0.2) is 6.10 Å². The first-order valence-corrected chi connectivity index (χ1v) is 37.0. The van der Waals surface area contributed by atoms with Gasteiger partial charge >= 0.3 is 17.9 Å². The minimum Gasteiger partial charge on any atom is -0.462 e. The van der Waals surface area contributed by atoms with Crippen LogP contribution in [0.2, 0.25) is 0 Å². The van der Waals surface area contributed by atoms with Crippen molar-refractivity contribution in [3.8, 4) is 0 Å². The summed E-state index contributed by atoms with van der Waals surface area (Å²) in [5.41, 5.74) is 0. The molecule has 0 aliphatic carbocycles. The number of hydrogen-bond acceptors (Lipinski definition) is 6. The van der Waals surface area contributed by atoms with Crippen LogP contribution in [0.3, 0.4) is 0 Å². The number of rotatable bonds is 69. The van der Waals surface area contributed by atoms with Gasteiger partial charge in [0.2, 0.25) is 0 Å². The van der Waals surface area contributed by atoms with E-state index in [0.717, 1.165) is 70.6 Å². The molecule has 0 rings (SSSR count). The average Bonchev–Trinajstić information content (AvgIpc) is 3.48. The van der Waals surface area contributed by atoms with Crippen LogP contribution in [0.1, 0.15) is 412 Å². The maximum atomic E-state index is 12.9. The van der Waals surface area contributed by atoms with Crippen LogP contribution in [0.25, 0.3) is 0 Å². The van der Waals surface area contributed by atoms with E-state index in [0.29, 0.717) is 19.3 Å². The molecule has 0 aliphatic rings. The summed E-state index contributed by atoms with van der Waals surface area (Å²) in [6.45, 7) is 6.66. The molecule has 0 aromatic rings. The fraction of sp³-hybridized carbons (Fsp3) is 0.882. The van der Waals surface area contributed by atoms with E-state index in [2.05, 4.69) is 57.2 Å². The number of carbonyl (C=O) groups excluding carboxylic acids is 3. The first kappa shape index (κ1) is 79.6. The average molecular weight is 1150 g/mol. The van der Waals surface area contributed by atoms with E-state index < -0.39 is 6.10 Å². The minimum absolute atomic E-state index is 0.0659. The topological polar surface area (TPSA) is 78.9 Å². The number of esters is 3. The highest BCUT2D eigenvalue weighted by Crippen LogP contribution is 2.19. The second-order valence-electron chi connectivity index (χ2n) is 25.2. The van der Waals surface area contributed by atoms with Crippen molar-refractivity contribution in [3.05, 3.63) is 36.5 Å². The fourth-order valence-electron chi connectivity index (χ4n) is 11.3. The molecule has 482 valence electrons. The summed E-state index contributed by atoms with van der Waals surface area (Å²) >= 11 is 0. The van der Waals surface area contributed by atoms with Gasteiger partial charge in [-0.25, -0.2) is 0 Å². The lowest BCUT2D eigenvalue weighted by atomic mass is 10.0. The molecule has 0 amide bonds. The Morgan fingerprint density at radius 2 is 0.439 bits per heavy atom. The van der Waals surface area contributed by atoms with Gasteiger partial charge in [-0.2, -0.15) is 0 Å². The van der Waals surface area contributed by atoms with Crippen molar-refractivity contribution in [1.29, 1.82) is 0 Å². The van der Waals surface area contributed by atoms with Crippen LogP contribution in [-0.4, -0.2) is 37.2 Å². The molecule has 1 unspecified atom stereocenters. The predicted octanol–water partition coefficient (Wildman–Crippen LogP) is 25.5. The van der Waals surface area contributed by atoms with Crippen LogP contribution < -0.4 is 0 Å². The first-order valence-electron chi connectivity index (χ1n) is 37.0. The first-order chi connectivity index (χ1) is 40.5. The largest absolute Gasteiger partial charge is 0.462 e. The molecule has 0 saturated heterocycles. The molecule has 0 spiro atoms. The smallest absolute Gasteiger partial charge is 0.306 e. The molecule has 1 atom stereocenters. The van der Waals surface area contributed by atoms with E-state index in [1.807, 2.05) is 0 Å². The number of hydrogen-bond donors (Lipinski definition) is 0. The summed E-state index contributed by atoms with van der Waals surface area (Å²) in [6.07, 6.45) is 89.4. The Kier molecular flexibility index (Phi) is 69.1. The van der Waals surface area contributed by atoms with Crippen LogP contribution in [-0.2, 0) is 28.6 Å². The zero-order valence-electron chi connectivity index (χ0n) is 55.5. The Labute approximate surface area is 512 Å². The maximum Gasteiger partial charge on any atom is 0.306 e. The molecule has 0 fully saturated rings. The standard InChI is InChI=1S/C76H142O6/c1-4-7-10-13-16-18-20-22-24-26-28-30-32-34-36-37-38-39-40-42-43-45-47-49-51-53-55-57-60-63-66-69-75(78)81-72-73(71-80-74(77)68-65-62-59-15-12-9-6-3)82-76(79)70-67-64-61-58-56-54-52-50-48-46-44-41-35-33-31-29-27-25-23-21-19-17-14-11-8-5-2/h20,22,26,28,32,34,73H,4-19,21,23-25,27,29-31,33,35-72H2,1-3H3/b22-20-,28-26-,34-32-. The summed E-state index contributed by atoms with van der Waals surface area (Å²) in [5.74, 6) is -0.843. The molecule has 0 aromatic carbocycles. The molecule has 0 heterocycles. The summed E-state index contributed by atoms with van der Waals surface area (Å²) < 4.78 is 16.9. The van der Waals surface area contributed by atoms with Crippen molar-refractivity contribution < 1.29 is 28.6 Å². The molecular formula is C76H142O6. The van der Waals surface area contributed by atoms with Gasteiger partial charge in [0.05, 0.1) is 0 Å². The van der Waals surface area contributed by atoms with Gasteiger partial charge in [-0.05, 0) is 57.8 Å².